The van der Waals surface area contributed by atoms with Crippen LogP contribution >= 0.6 is 0 Å². The maximum Gasteiger partial charge on any atom is 0.137 e. The molecule has 116 valence electrons. The van der Waals surface area contributed by atoms with Gasteiger partial charge in [-0.3, -0.25) is 4.90 Å². The van der Waals surface area contributed by atoms with E-state index in [1.165, 1.54) is 22.5 Å². The highest BCUT2D eigenvalue weighted by molar-refractivity contribution is 5.55. The van der Waals surface area contributed by atoms with E-state index in [4.69, 9.17) is 4.98 Å². The first-order chi connectivity index (χ1) is 11.3. The van der Waals surface area contributed by atoms with Crippen molar-refractivity contribution >= 4 is 0 Å². The molecule has 2 heterocycles. The van der Waals surface area contributed by atoms with E-state index in [-0.39, 0.29) is 0 Å². The third kappa shape index (κ3) is 2.92. The molecule has 3 aromatic rings. The lowest BCUT2D eigenvalue weighted by Crippen LogP contribution is -2.30. The second-order valence-corrected chi connectivity index (χ2v) is 6.26. The summed E-state index contributed by atoms with van der Waals surface area (Å²) in [7, 11) is 0. The summed E-state index contributed by atoms with van der Waals surface area (Å²) >= 11 is 0. The van der Waals surface area contributed by atoms with Gasteiger partial charge in [-0.2, -0.15) is 0 Å². The molecule has 3 nitrogen and oxygen atoms in total. The van der Waals surface area contributed by atoms with Crippen LogP contribution in [0.5, 0.6) is 0 Å². The molecule has 1 aliphatic rings. The monoisotopic (exact) mass is 303 g/mol. The van der Waals surface area contributed by atoms with Crippen molar-refractivity contribution in [3.05, 3.63) is 77.1 Å². The minimum Gasteiger partial charge on any atom is -0.341 e. The van der Waals surface area contributed by atoms with Crippen LogP contribution in [0.2, 0.25) is 0 Å². The highest BCUT2D eigenvalue weighted by Gasteiger charge is 2.20. The molecule has 1 aliphatic heterocycles. The van der Waals surface area contributed by atoms with Crippen LogP contribution in [0, 0.1) is 6.92 Å². The van der Waals surface area contributed by atoms with Crippen molar-refractivity contribution in [3.63, 3.8) is 0 Å². The topological polar surface area (TPSA) is 31.9 Å². The Morgan fingerprint density at radius 3 is 2.65 bits per heavy atom. The lowest BCUT2D eigenvalue weighted by molar-refractivity contribution is 0.241. The molecule has 0 radical (unpaired) electrons. The minimum atomic E-state index is 0.948. The van der Waals surface area contributed by atoms with E-state index in [0.29, 0.717) is 0 Å². The average Bonchev–Trinajstić information content (AvgIpc) is 3.01. The van der Waals surface area contributed by atoms with Crippen molar-refractivity contribution in [3.8, 4) is 11.4 Å². The summed E-state index contributed by atoms with van der Waals surface area (Å²) in [6.07, 6.45) is 1.02. The summed E-state index contributed by atoms with van der Waals surface area (Å²) in [5, 5.41) is 0. The van der Waals surface area contributed by atoms with Crippen molar-refractivity contribution in [2.45, 2.75) is 26.4 Å². The Morgan fingerprint density at radius 2 is 1.83 bits per heavy atom. The number of H-pyrrole nitrogens is 1. The van der Waals surface area contributed by atoms with Gasteiger partial charge in [0.25, 0.3) is 0 Å². The fourth-order valence-corrected chi connectivity index (χ4v) is 3.25. The lowest BCUT2D eigenvalue weighted by Gasteiger charge is -2.26. The molecule has 4 rings (SSSR count). The largest absolute Gasteiger partial charge is 0.341 e. The summed E-state index contributed by atoms with van der Waals surface area (Å²) < 4.78 is 0. The van der Waals surface area contributed by atoms with Gasteiger partial charge in [-0.1, -0.05) is 54.6 Å². The Balaban J connectivity index is 1.54. The number of aromatic amines is 1. The smallest absolute Gasteiger partial charge is 0.137 e. The second-order valence-electron chi connectivity index (χ2n) is 6.26. The van der Waals surface area contributed by atoms with Gasteiger partial charge in [0.2, 0.25) is 0 Å². The molecule has 0 unspecified atom stereocenters. The molecule has 23 heavy (non-hydrogen) atoms. The number of aryl methyl sites for hydroxylation is 1. The molecule has 2 aromatic carbocycles. The second kappa shape index (κ2) is 6.01. The zero-order chi connectivity index (χ0) is 15.6. The van der Waals surface area contributed by atoms with Gasteiger partial charge >= 0.3 is 0 Å². The Kier molecular flexibility index (Phi) is 3.72. The molecule has 0 saturated heterocycles. The number of hydrogen-bond donors (Lipinski definition) is 1. The number of aromatic nitrogens is 2. The average molecular weight is 303 g/mol. The number of hydrogen-bond acceptors (Lipinski definition) is 2. The quantitative estimate of drug-likeness (QED) is 0.794. The standard InChI is InChI=1S/C20H21N3/c1-15-7-5-6-10-17(15)13-23-12-11-18-19(14-23)22-20(21-18)16-8-3-2-4-9-16/h2-10H,11-14H2,1H3,(H,21,22). The molecule has 0 saturated carbocycles. The van der Waals surface area contributed by atoms with E-state index in [9.17, 15) is 0 Å². The molecule has 3 heteroatoms. The van der Waals surface area contributed by atoms with E-state index in [1.807, 2.05) is 6.07 Å². The Hall–Kier alpha value is -2.39. The molecule has 1 N–H and O–H groups in total. The summed E-state index contributed by atoms with van der Waals surface area (Å²) in [5.74, 6) is 0.994. The zero-order valence-corrected chi connectivity index (χ0v) is 13.4. The summed E-state index contributed by atoms with van der Waals surface area (Å²) in [6, 6.07) is 19.0. The van der Waals surface area contributed by atoms with Crippen molar-refractivity contribution < 1.29 is 0 Å². The molecule has 0 aliphatic carbocycles. The lowest BCUT2D eigenvalue weighted by atomic mass is 10.1. The number of imidazole rings is 1. The normalized spacial score (nSPS) is 14.7. The van der Waals surface area contributed by atoms with Crippen LogP contribution in [-0.4, -0.2) is 21.4 Å². The third-order valence-corrected chi connectivity index (χ3v) is 4.61. The fourth-order valence-electron chi connectivity index (χ4n) is 3.25. The summed E-state index contributed by atoms with van der Waals surface area (Å²) in [6.45, 7) is 5.21. The summed E-state index contributed by atoms with van der Waals surface area (Å²) in [5.41, 5.74) is 6.44. The predicted octanol–water partition coefficient (Wildman–Crippen LogP) is 3.94. The van der Waals surface area contributed by atoms with Gasteiger partial charge in [-0.25, -0.2) is 4.98 Å². The van der Waals surface area contributed by atoms with E-state index >= 15 is 0 Å². The van der Waals surface area contributed by atoms with Gasteiger partial charge in [0, 0.05) is 31.6 Å². The highest BCUT2D eigenvalue weighted by atomic mass is 15.2. The first-order valence-corrected chi connectivity index (χ1v) is 8.19. The van der Waals surface area contributed by atoms with E-state index in [0.717, 1.165) is 37.4 Å². The Morgan fingerprint density at radius 1 is 1.04 bits per heavy atom. The Bertz CT molecular complexity index is 805. The highest BCUT2D eigenvalue weighted by Crippen LogP contribution is 2.24. The van der Waals surface area contributed by atoms with Gasteiger partial charge < -0.3 is 4.98 Å². The van der Waals surface area contributed by atoms with E-state index < -0.39 is 0 Å². The molecule has 0 atom stereocenters. The van der Waals surface area contributed by atoms with Gasteiger partial charge in [0.1, 0.15) is 5.82 Å². The maximum absolute atomic E-state index is 4.80. The predicted molar refractivity (Wildman–Crippen MR) is 93.0 cm³/mol. The van der Waals surface area contributed by atoms with Crippen LogP contribution in [-0.2, 0) is 19.5 Å². The fraction of sp³-hybridized carbons (Fsp3) is 0.250. The van der Waals surface area contributed by atoms with Crippen molar-refractivity contribution in [1.82, 2.24) is 14.9 Å². The minimum absolute atomic E-state index is 0.948. The molecule has 0 amide bonds. The first-order valence-electron chi connectivity index (χ1n) is 8.19. The van der Waals surface area contributed by atoms with Crippen LogP contribution in [0.4, 0.5) is 0 Å². The molecule has 0 spiro atoms. The van der Waals surface area contributed by atoms with Crippen LogP contribution in [0.3, 0.4) is 0 Å². The molecule has 0 bridgehead atoms. The molecular weight excluding hydrogens is 282 g/mol. The number of rotatable bonds is 3. The first kappa shape index (κ1) is 14.2. The maximum atomic E-state index is 4.80. The van der Waals surface area contributed by atoms with Crippen LogP contribution in [0.1, 0.15) is 22.5 Å². The Labute approximate surface area is 137 Å². The van der Waals surface area contributed by atoms with Gasteiger partial charge in [0.05, 0.1) is 11.4 Å². The molecule has 0 fully saturated rings. The SMILES string of the molecule is Cc1ccccc1CN1CCc2nc(-c3ccccc3)[nH]c2C1. The number of nitrogens with zero attached hydrogens (tertiary/aromatic N) is 2. The van der Waals surface area contributed by atoms with Gasteiger partial charge in [0.15, 0.2) is 0 Å². The van der Waals surface area contributed by atoms with Crippen LogP contribution in [0.15, 0.2) is 54.6 Å². The van der Waals surface area contributed by atoms with Crippen molar-refractivity contribution in [2.75, 3.05) is 6.54 Å². The summed E-state index contributed by atoms with van der Waals surface area (Å²) in [4.78, 5) is 10.8. The molecule has 1 aromatic heterocycles. The number of fused-ring (bicyclic) bond motifs is 1. The van der Waals surface area contributed by atoms with Crippen LogP contribution < -0.4 is 0 Å². The van der Waals surface area contributed by atoms with Gasteiger partial charge in [-0.15, -0.1) is 0 Å². The van der Waals surface area contributed by atoms with Gasteiger partial charge in [-0.05, 0) is 18.1 Å². The number of benzene rings is 2. The third-order valence-electron chi connectivity index (χ3n) is 4.61. The van der Waals surface area contributed by atoms with Crippen molar-refractivity contribution in [1.29, 1.82) is 0 Å². The molecular formula is C20H21N3. The number of nitrogens with one attached hydrogen (secondary N) is 1. The van der Waals surface area contributed by atoms with E-state index in [1.54, 1.807) is 0 Å². The van der Waals surface area contributed by atoms with E-state index in [2.05, 4.69) is 65.3 Å². The van der Waals surface area contributed by atoms with Crippen molar-refractivity contribution in [2.24, 2.45) is 0 Å². The van der Waals surface area contributed by atoms with Crippen LogP contribution in [0.25, 0.3) is 11.4 Å². The zero-order valence-electron chi connectivity index (χ0n) is 13.4.